The third kappa shape index (κ3) is 6.53. The molecule has 42 heavy (non-hydrogen) atoms. The van der Waals surface area contributed by atoms with E-state index >= 15 is 0 Å². The Balaban J connectivity index is 1.42. The van der Waals surface area contributed by atoms with Gasteiger partial charge in [-0.3, -0.25) is 9.59 Å². The van der Waals surface area contributed by atoms with Crippen molar-refractivity contribution in [2.24, 2.45) is 0 Å². The molecule has 8 nitrogen and oxygen atoms in total. The number of carbonyl (C=O) groups is 2. The van der Waals surface area contributed by atoms with Crippen molar-refractivity contribution in [1.29, 1.82) is 0 Å². The summed E-state index contributed by atoms with van der Waals surface area (Å²) in [5.41, 5.74) is 3.57. The first kappa shape index (κ1) is 29.0. The summed E-state index contributed by atoms with van der Waals surface area (Å²) < 4.78 is 35.3. The highest BCUT2D eigenvalue weighted by atomic mass is 32.2. The molecule has 2 amide bonds. The molecule has 0 aliphatic carbocycles. The molecule has 1 atom stereocenters. The van der Waals surface area contributed by atoms with Crippen molar-refractivity contribution in [3.05, 3.63) is 125 Å². The number of rotatable bonds is 9. The van der Waals surface area contributed by atoms with E-state index in [0.717, 1.165) is 16.7 Å². The molecule has 0 spiro atoms. The molecule has 4 aromatic rings. The van der Waals surface area contributed by atoms with Crippen molar-refractivity contribution in [2.75, 3.05) is 18.0 Å². The minimum Gasteiger partial charge on any atom is -0.477 e. The van der Waals surface area contributed by atoms with E-state index in [1.54, 1.807) is 43.3 Å². The number of para-hydroxylation sites is 2. The molecule has 0 aromatic heterocycles. The molecule has 0 unspecified atom stereocenters. The van der Waals surface area contributed by atoms with Crippen LogP contribution in [0.1, 0.15) is 22.3 Å². The topological polar surface area (TPSA) is 96.0 Å². The molecule has 0 saturated carbocycles. The van der Waals surface area contributed by atoms with Crippen LogP contribution in [0.25, 0.3) is 0 Å². The number of ether oxygens (including phenoxy) is 1. The number of hydrogen-bond acceptors (Lipinski definition) is 5. The van der Waals surface area contributed by atoms with Crippen LogP contribution in [0.2, 0.25) is 0 Å². The number of nitrogens with zero attached hydrogens (tertiary/aromatic N) is 2. The van der Waals surface area contributed by atoms with Crippen LogP contribution in [0.4, 0.5) is 5.69 Å². The number of hydrogen-bond donors (Lipinski definition) is 1. The fourth-order valence-electron chi connectivity index (χ4n) is 4.88. The molecule has 1 aliphatic rings. The molecule has 0 bridgehead atoms. The van der Waals surface area contributed by atoms with Gasteiger partial charge < -0.3 is 15.0 Å². The van der Waals surface area contributed by atoms with Crippen molar-refractivity contribution < 1.29 is 22.7 Å². The smallest absolute Gasteiger partial charge is 0.263 e. The molecule has 216 valence electrons. The predicted octanol–water partition coefficient (Wildman–Crippen LogP) is 4.60. The first-order chi connectivity index (χ1) is 20.2. The normalized spacial score (nSPS) is 14.6. The molecule has 5 rings (SSSR count). The van der Waals surface area contributed by atoms with Gasteiger partial charge in [-0.1, -0.05) is 84.9 Å². The van der Waals surface area contributed by atoms with E-state index in [4.69, 9.17) is 4.74 Å². The maximum Gasteiger partial charge on any atom is 0.263 e. The van der Waals surface area contributed by atoms with E-state index in [1.165, 1.54) is 9.21 Å². The van der Waals surface area contributed by atoms with Gasteiger partial charge in [0.2, 0.25) is 15.9 Å². The molecule has 1 aliphatic heterocycles. The zero-order valence-corrected chi connectivity index (χ0v) is 24.4. The van der Waals surface area contributed by atoms with Crippen LogP contribution in [0.3, 0.4) is 0 Å². The fraction of sp³-hybridized carbons (Fsp3) is 0.212. The van der Waals surface area contributed by atoms with E-state index < -0.39 is 28.6 Å². The first-order valence-electron chi connectivity index (χ1n) is 13.7. The van der Waals surface area contributed by atoms with Gasteiger partial charge in [-0.15, -0.1) is 0 Å². The van der Waals surface area contributed by atoms with Crippen molar-refractivity contribution >= 4 is 27.5 Å². The van der Waals surface area contributed by atoms with Crippen molar-refractivity contribution in [2.45, 2.75) is 37.9 Å². The molecule has 1 N–H and O–H groups in total. The fourth-order valence-corrected chi connectivity index (χ4v) is 6.57. The van der Waals surface area contributed by atoms with Gasteiger partial charge >= 0.3 is 0 Å². The molecule has 0 radical (unpaired) electrons. The van der Waals surface area contributed by atoms with Gasteiger partial charge in [-0.2, -0.15) is 4.31 Å². The van der Waals surface area contributed by atoms with E-state index in [1.807, 2.05) is 73.7 Å². The van der Waals surface area contributed by atoms with Gasteiger partial charge in [0.25, 0.3) is 5.91 Å². The summed E-state index contributed by atoms with van der Waals surface area (Å²) >= 11 is 0. The van der Waals surface area contributed by atoms with Gasteiger partial charge in [0.1, 0.15) is 5.75 Å². The average molecular weight is 584 g/mol. The Labute approximate surface area is 246 Å². The van der Waals surface area contributed by atoms with E-state index in [2.05, 4.69) is 5.32 Å². The second-order valence-electron chi connectivity index (χ2n) is 10.3. The monoisotopic (exact) mass is 583 g/mol. The minimum absolute atomic E-state index is 0.00920. The summed E-state index contributed by atoms with van der Waals surface area (Å²) in [5.74, 6) is -0.448. The molecule has 1 heterocycles. The quantitative estimate of drug-likeness (QED) is 0.311. The largest absolute Gasteiger partial charge is 0.477 e. The third-order valence-electron chi connectivity index (χ3n) is 7.15. The molecular weight excluding hydrogens is 550 g/mol. The molecule has 0 fully saturated rings. The number of anilines is 1. The van der Waals surface area contributed by atoms with Gasteiger partial charge in [0.15, 0.2) is 6.10 Å². The van der Waals surface area contributed by atoms with Crippen LogP contribution in [-0.4, -0.2) is 43.7 Å². The third-order valence-corrected chi connectivity index (χ3v) is 9.09. The number of nitrogens with one attached hydrogen (secondary N) is 1. The minimum atomic E-state index is -4.06. The maximum atomic E-state index is 14.0. The Morgan fingerprint density at radius 3 is 2.24 bits per heavy atom. The van der Waals surface area contributed by atoms with Gasteiger partial charge in [-0.05, 0) is 54.3 Å². The number of benzene rings is 4. The average Bonchev–Trinajstić information content (AvgIpc) is 3.01. The summed E-state index contributed by atoms with van der Waals surface area (Å²) in [6.45, 7) is 3.42. The van der Waals surface area contributed by atoms with Gasteiger partial charge in [0.05, 0.1) is 23.7 Å². The lowest BCUT2D eigenvalue weighted by Gasteiger charge is -2.35. The summed E-state index contributed by atoms with van der Waals surface area (Å²) in [4.78, 5) is 28.7. The summed E-state index contributed by atoms with van der Waals surface area (Å²) in [7, 11) is -4.06. The number of aryl methyl sites for hydroxylation is 2. The molecule has 4 aromatic carbocycles. The van der Waals surface area contributed by atoms with Gasteiger partial charge in [-0.25, -0.2) is 8.42 Å². The highest BCUT2D eigenvalue weighted by Gasteiger charge is 2.36. The second-order valence-corrected chi connectivity index (χ2v) is 12.2. The lowest BCUT2D eigenvalue weighted by Crippen LogP contribution is -2.52. The van der Waals surface area contributed by atoms with Crippen LogP contribution in [-0.2, 0) is 32.7 Å². The second kappa shape index (κ2) is 12.6. The summed E-state index contributed by atoms with van der Waals surface area (Å²) in [6.07, 6.45) is -0.967. The number of carbonyl (C=O) groups excluding carboxylic acids is 2. The predicted molar refractivity (Wildman–Crippen MR) is 161 cm³/mol. The van der Waals surface area contributed by atoms with Crippen molar-refractivity contribution in [3.63, 3.8) is 0 Å². The lowest BCUT2D eigenvalue weighted by molar-refractivity contribution is -0.128. The van der Waals surface area contributed by atoms with Crippen LogP contribution < -0.4 is 15.0 Å². The Bertz CT molecular complexity index is 1680. The Morgan fingerprint density at radius 1 is 0.881 bits per heavy atom. The van der Waals surface area contributed by atoms with Crippen LogP contribution >= 0.6 is 0 Å². The highest BCUT2D eigenvalue weighted by molar-refractivity contribution is 7.89. The summed E-state index contributed by atoms with van der Waals surface area (Å²) in [5, 5.41) is 2.88. The molecule has 9 heteroatoms. The van der Waals surface area contributed by atoms with Crippen LogP contribution in [0.5, 0.6) is 5.75 Å². The van der Waals surface area contributed by atoms with Gasteiger partial charge in [0, 0.05) is 13.1 Å². The van der Waals surface area contributed by atoms with Crippen LogP contribution in [0, 0.1) is 13.8 Å². The number of fused-ring (bicyclic) bond motifs is 1. The maximum absolute atomic E-state index is 14.0. The number of amides is 2. The van der Waals surface area contributed by atoms with Crippen molar-refractivity contribution in [1.82, 2.24) is 9.62 Å². The van der Waals surface area contributed by atoms with E-state index in [9.17, 15) is 18.0 Å². The summed E-state index contributed by atoms with van der Waals surface area (Å²) in [6, 6.07) is 30.9. The SMILES string of the molecule is Cc1ccc(C)c(S(=O)(=O)N(CC(=O)N2C[C@@H](C(=O)NCc3ccccc3)Oc3ccccc32)Cc2ccccc2)c1. The molecule has 0 saturated heterocycles. The lowest BCUT2D eigenvalue weighted by atomic mass is 10.1. The van der Waals surface area contributed by atoms with E-state index in [-0.39, 0.29) is 23.9 Å². The Kier molecular flexibility index (Phi) is 8.70. The molecular formula is C33H33N3O5S. The standard InChI is InChI=1S/C33H33N3O5S/c1-24-17-18-25(2)31(19-24)42(39,40)35(21-27-13-7-4-8-14-27)23-32(37)36-22-30(41-29-16-10-9-15-28(29)36)33(38)34-20-26-11-5-3-6-12-26/h3-19,30H,20-23H2,1-2H3,(H,34,38)/t30-/m0/s1. The zero-order chi connectivity index (χ0) is 29.7. The number of sulfonamides is 1. The van der Waals surface area contributed by atoms with Crippen molar-refractivity contribution in [3.8, 4) is 5.75 Å². The van der Waals surface area contributed by atoms with E-state index in [0.29, 0.717) is 23.5 Å². The Morgan fingerprint density at radius 2 is 1.52 bits per heavy atom. The van der Waals surface area contributed by atoms with Crippen LogP contribution in [0.15, 0.2) is 108 Å². The first-order valence-corrected chi connectivity index (χ1v) is 15.2. The zero-order valence-electron chi connectivity index (χ0n) is 23.6. The highest BCUT2D eigenvalue weighted by Crippen LogP contribution is 2.34. The Hall–Kier alpha value is -4.47.